The Morgan fingerprint density at radius 1 is 0.926 bits per heavy atom. The van der Waals surface area contributed by atoms with Gasteiger partial charge in [-0.25, -0.2) is 0 Å². The van der Waals surface area contributed by atoms with Crippen LogP contribution in [0.2, 0.25) is 0 Å². The van der Waals surface area contributed by atoms with Crippen LogP contribution in [-0.4, -0.2) is 11.0 Å². The summed E-state index contributed by atoms with van der Waals surface area (Å²) in [5.41, 5.74) is 2.31. The maximum absolute atomic E-state index is 12.3. The molecule has 0 saturated heterocycles. The van der Waals surface area contributed by atoms with Crippen molar-refractivity contribution < 1.29 is 9.53 Å². The molecular formula is C21H18N2O2S2. The number of hydrogen-bond donors (Lipinski definition) is 3. The maximum atomic E-state index is 12.3. The molecule has 0 spiro atoms. The monoisotopic (exact) mass is 394 g/mol. The first-order valence-corrected chi connectivity index (χ1v) is 9.14. The molecule has 0 radical (unpaired) electrons. The normalized spacial score (nSPS) is 10.1. The fourth-order valence-corrected chi connectivity index (χ4v) is 2.77. The van der Waals surface area contributed by atoms with Gasteiger partial charge in [-0.05, 0) is 54.2 Å². The van der Waals surface area contributed by atoms with Gasteiger partial charge in [0, 0.05) is 10.5 Å². The molecule has 0 bridgehead atoms. The van der Waals surface area contributed by atoms with E-state index in [2.05, 4.69) is 23.3 Å². The average molecular weight is 395 g/mol. The molecule has 27 heavy (non-hydrogen) atoms. The Labute approximate surface area is 169 Å². The van der Waals surface area contributed by atoms with Gasteiger partial charge in [-0.3, -0.25) is 10.1 Å². The van der Waals surface area contributed by atoms with Crippen molar-refractivity contribution in [3.05, 3.63) is 90.0 Å². The number of thiocarbonyl (C=S) groups is 1. The average Bonchev–Trinajstić information content (AvgIpc) is 2.69. The van der Waals surface area contributed by atoms with Crippen LogP contribution in [0.1, 0.15) is 15.9 Å². The fourth-order valence-electron chi connectivity index (χ4n) is 2.35. The summed E-state index contributed by atoms with van der Waals surface area (Å²) in [5.74, 6) is 0.402. The summed E-state index contributed by atoms with van der Waals surface area (Å²) >= 11 is 9.53. The van der Waals surface area contributed by atoms with Gasteiger partial charge in [-0.15, -0.1) is 12.6 Å². The van der Waals surface area contributed by atoms with E-state index >= 15 is 0 Å². The molecule has 0 fully saturated rings. The van der Waals surface area contributed by atoms with Crippen LogP contribution in [0.15, 0.2) is 83.8 Å². The highest BCUT2D eigenvalue weighted by Gasteiger charge is 2.09. The molecule has 136 valence electrons. The molecule has 3 aromatic rings. The van der Waals surface area contributed by atoms with E-state index < -0.39 is 0 Å². The maximum Gasteiger partial charge on any atom is 0.257 e. The second-order valence-corrected chi connectivity index (χ2v) is 6.61. The summed E-state index contributed by atoms with van der Waals surface area (Å²) in [6, 6.07) is 24.2. The van der Waals surface area contributed by atoms with E-state index in [1.807, 2.05) is 54.6 Å². The number of thiol groups is 1. The fraction of sp³-hybridized carbons (Fsp3) is 0.0476. The SMILES string of the molecule is O=C(NC(=S)Nc1ccccc1S)c1ccc(OCc2ccccc2)cc1. The standard InChI is InChI=1S/C21H18N2O2S2/c24-20(23-21(27)22-18-8-4-5-9-19(18)26)16-10-12-17(13-11-16)25-14-15-6-2-1-3-7-15/h1-13,26H,14H2,(H2,22,23,24,27). The summed E-state index contributed by atoms with van der Waals surface area (Å²) in [5, 5.41) is 5.83. The molecule has 6 heteroatoms. The Morgan fingerprint density at radius 3 is 2.30 bits per heavy atom. The Bertz CT molecular complexity index is 928. The number of hydrogen-bond acceptors (Lipinski definition) is 4. The minimum absolute atomic E-state index is 0.214. The Morgan fingerprint density at radius 2 is 1.59 bits per heavy atom. The quantitative estimate of drug-likeness (QED) is 0.434. The number of para-hydroxylation sites is 1. The lowest BCUT2D eigenvalue weighted by Crippen LogP contribution is -2.34. The molecule has 0 aliphatic heterocycles. The van der Waals surface area contributed by atoms with E-state index in [1.54, 1.807) is 24.3 Å². The van der Waals surface area contributed by atoms with Crippen LogP contribution in [-0.2, 0) is 6.61 Å². The van der Waals surface area contributed by atoms with Crippen molar-refractivity contribution in [3.63, 3.8) is 0 Å². The summed E-state index contributed by atoms with van der Waals surface area (Å²) in [7, 11) is 0. The van der Waals surface area contributed by atoms with Crippen molar-refractivity contribution in [2.45, 2.75) is 11.5 Å². The number of amides is 1. The van der Waals surface area contributed by atoms with Gasteiger partial charge in [-0.1, -0.05) is 42.5 Å². The molecule has 0 saturated carbocycles. The van der Waals surface area contributed by atoms with Crippen LogP contribution in [0.5, 0.6) is 5.75 Å². The summed E-state index contributed by atoms with van der Waals surface area (Å²) in [6.45, 7) is 0.476. The molecule has 0 atom stereocenters. The Balaban J connectivity index is 1.54. The zero-order chi connectivity index (χ0) is 19.1. The van der Waals surface area contributed by atoms with Gasteiger partial charge in [0.2, 0.25) is 0 Å². The minimum Gasteiger partial charge on any atom is -0.489 e. The number of carbonyl (C=O) groups is 1. The predicted octanol–water partition coefficient (Wildman–Crippen LogP) is 4.68. The highest BCUT2D eigenvalue weighted by atomic mass is 32.1. The molecule has 2 N–H and O–H groups in total. The zero-order valence-electron chi connectivity index (χ0n) is 14.4. The predicted molar refractivity (Wildman–Crippen MR) is 115 cm³/mol. The van der Waals surface area contributed by atoms with Gasteiger partial charge in [-0.2, -0.15) is 0 Å². The smallest absolute Gasteiger partial charge is 0.257 e. The second kappa shape index (κ2) is 9.21. The third-order valence-corrected chi connectivity index (χ3v) is 4.34. The molecular weight excluding hydrogens is 376 g/mol. The molecule has 0 heterocycles. The first kappa shape index (κ1) is 18.9. The van der Waals surface area contributed by atoms with Crippen molar-refractivity contribution in [1.82, 2.24) is 5.32 Å². The van der Waals surface area contributed by atoms with Gasteiger partial charge in [0.25, 0.3) is 5.91 Å². The lowest BCUT2D eigenvalue weighted by molar-refractivity contribution is 0.0977. The second-order valence-electron chi connectivity index (χ2n) is 5.72. The summed E-state index contributed by atoms with van der Waals surface area (Å²) < 4.78 is 5.72. The van der Waals surface area contributed by atoms with E-state index in [4.69, 9.17) is 17.0 Å². The number of ether oxygens (including phenoxy) is 1. The highest BCUT2D eigenvalue weighted by Crippen LogP contribution is 2.18. The molecule has 0 aliphatic rings. The van der Waals surface area contributed by atoms with Crippen LogP contribution in [0.25, 0.3) is 0 Å². The largest absolute Gasteiger partial charge is 0.489 e. The lowest BCUT2D eigenvalue weighted by atomic mass is 10.2. The summed E-state index contributed by atoms with van der Waals surface area (Å²) in [6.07, 6.45) is 0. The Hall–Kier alpha value is -2.83. The molecule has 4 nitrogen and oxygen atoms in total. The number of anilines is 1. The van der Waals surface area contributed by atoms with E-state index in [1.165, 1.54) is 0 Å². The summed E-state index contributed by atoms with van der Waals surface area (Å²) in [4.78, 5) is 13.1. The van der Waals surface area contributed by atoms with E-state index in [-0.39, 0.29) is 11.0 Å². The van der Waals surface area contributed by atoms with Gasteiger partial charge in [0.15, 0.2) is 5.11 Å². The van der Waals surface area contributed by atoms with Crippen LogP contribution < -0.4 is 15.4 Å². The van der Waals surface area contributed by atoms with Crippen LogP contribution in [0.3, 0.4) is 0 Å². The van der Waals surface area contributed by atoms with Crippen LogP contribution >= 0.6 is 24.8 Å². The van der Waals surface area contributed by atoms with Gasteiger partial charge >= 0.3 is 0 Å². The number of carbonyl (C=O) groups excluding carboxylic acids is 1. The van der Waals surface area contributed by atoms with E-state index in [0.717, 1.165) is 16.1 Å². The molecule has 3 rings (SSSR count). The molecule has 3 aromatic carbocycles. The topological polar surface area (TPSA) is 50.4 Å². The first-order valence-electron chi connectivity index (χ1n) is 8.29. The van der Waals surface area contributed by atoms with Crippen LogP contribution in [0.4, 0.5) is 5.69 Å². The Kier molecular flexibility index (Phi) is 6.46. The number of nitrogens with one attached hydrogen (secondary N) is 2. The van der Waals surface area contributed by atoms with Gasteiger partial charge in [0.05, 0.1) is 5.69 Å². The number of benzene rings is 3. The van der Waals surface area contributed by atoms with Crippen molar-refractivity contribution in [2.75, 3.05) is 5.32 Å². The van der Waals surface area contributed by atoms with Crippen molar-refractivity contribution in [1.29, 1.82) is 0 Å². The van der Waals surface area contributed by atoms with Crippen LogP contribution in [0, 0.1) is 0 Å². The van der Waals surface area contributed by atoms with Crippen molar-refractivity contribution in [3.8, 4) is 5.75 Å². The highest BCUT2D eigenvalue weighted by molar-refractivity contribution is 7.81. The van der Waals surface area contributed by atoms with Crippen molar-refractivity contribution in [2.24, 2.45) is 0 Å². The van der Waals surface area contributed by atoms with E-state index in [9.17, 15) is 4.79 Å². The number of rotatable bonds is 5. The third kappa shape index (κ3) is 5.57. The minimum atomic E-state index is -0.293. The molecule has 0 unspecified atom stereocenters. The van der Waals surface area contributed by atoms with Gasteiger partial charge < -0.3 is 10.1 Å². The molecule has 1 amide bonds. The van der Waals surface area contributed by atoms with Gasteiger partial charge in [0.1, 0.15) is 12.4 Å². The zero-order valence-corrected chi connectivity index (χ0v) is 16.1. The molecule has 0 aliphatic carbocycles. The van der Waals surface area contributed by atoms with E-state index in [0.29, 0.717) is 17.9 Å². The molecule has 0 aromatic heterocycles. The third-order valence-electron chi connectivity index (χ3n) is 3.74. The first-order chi connectivity index (χ1) is 13.1. The van der Waals surface area contributed by atoms with Crippen molar-refractivity contribution >= 4 is 41.6 Å². The lowest BCUT2D eigenvalue weighted by Gasteiger charge is -2.11.